The van der Waals surface area contributed by atoms with Gasteiger partial charge in [-0.05, 0) is 37.3 Å². The van der Waals surface area contributed by atoms with E-state index < -0.39 is 10.0 Å². The van der Waals surface area contributed by atoms with Gasteiger partial charge in [-0.2, -0.15) is 13.1 Å². The minimum absolute atomic E-state index is 0.299. The first-order valence-corrected chi connectivity index (χ1v) is 10.0. The highest BCUT2D eigenvalue weighted by atomic mass is 32.2. The van der Waals surface area contributed by atoms with Crippen molar-refractivity contribution in [2.24, 2.45) is 5.92 Å². The van der Waals surface area contributed by atoms with Crippen LogP contribution in [0.3, 0.4) is 0 Å². The Balaban J connectivity index is 1.88. The topological polar surface area (TPSA) is 63.2 Å². The van der Waals surface area contributed by atoms with Crippen LogP contribution in [0, 0.1) is 5.92 Å². The molecule has 0 saturated carbocycles. The van der Waals surface area contributed by atoms with Gasteiger partial charge in [-0.1, -0.05) is 25.8 Å². The lowest BCUT2D eigenvalue weighted by Gasteiger charge is -2.20. The molecule has 120 valence electrons. The van der Waals surface area contributed by atoms with Crippen LogP contribution >= 0.6 is 11.7 Å². The SMILES string of the molecule is CCCC1CCCN(S(=O)(=O)c2cccc3nsnc23)CC1. The van der Waals surface area contributed by atoms with Crippen LogP contribution in [-0.2, 0) is 10.0 Å². The molecule has 1 aliphatic rings. The van der Waals surface area contributed by atoms with Crippen LogP contribution in [0.5, 0.6) is 0 Å². The first-order chi connectivity index (χ1) is 10.6. The van der Waals surface area contributed by atoms with Gasteiger partial charge in [0.2, 0.25) is 10.0 Å². The average molecular weight is 339 g/mol. The number of fused-ring (bicyclic) bond motifs is 1. The van der Waals surface area contributed by atoms with Crippen molar-refractivity contribution in [2.45, 2.75) is 43.9 Å². The molecule has 1 unspecified atom stereocenters. The predicted octanol–water partition coefficient (Wildman–Crippen LogP) is 3.28. The summed E-state index contributed by atoms with van der Waals surface area (Å²) in [7, 11) is -3.48. The van der Waals surface area contributed by atoms with Gasteiger partial charge in [0.05, 0.1) is 11.7 Å². The molecule has 0 spiro atoms. The van der Waals surface area contributed by atoms with Gasteiger partial charge in [0.25, 0.3) is 0 Å². The summed E-state index contributed by atoms with van der Waals surface area (Å²) in [6, 6.07) is 5.19. The molecule has 1 aromatic carbocycles. The molecule has 22 heavy (non-hydrogen) atoms. The second-order valence-corrected chi connectivity index (χ2v) is 8.31. The number of nitrogens with zero attached hydrogens (tertiary/aromatic N) is 3. The average Bonchev–Trinajstić information content (AvgIpc) is 2.86. The maximum Gasteiger partial charge on any atom is 0.245 e. The monoisotopic (exact) mass is 339 g/mol. The maximum atomic E-state index is 13.0. The van der Waals surface area contributed by atoms with Crippen LogP contribution in [0.2, 0.25) is 0 Å². The van der Waals surface area contributed by atoms with E-state index in [1.807, 2.05) is 0 Å². The Morgan fingerprint density at radius 2 is 2.14 bits per heavy atom. The summed E-state index contributed by atoms with van der Waals surface area (Å²) >= 11 is 1.06. The molecule has 7 heteroatoms. The van der Waals surface area contributed by atoms with Crippen molar-refractivity contribution < 1.29 is 8.42 Å². The summed E-state index contributed by atoms with van der Waals surface area (Å²) in [5, 5.41) is 0. The van der Waals surface area contributed by atoms with Gasteiger partial charge in [0, 0.05) is 13.1 Å². The minimum Gasteiger partial charge on any atom is -0.207 e. The summed E-state index contributed by atoms with van der Waals surface area (Å²) < 4.78 is 35.9. The number of hydrogen-bond acceptors (Lipinski definition) is 5. The van der Waals surface area contributed by atoms with Crippen molar-refractivity contribution in [3.8, 4) is 0 Å². The maximum absolute atomic E-state index is 13.0. The van der Waals surface area contributed by atoms with E-state index in [9.17, 15) is 8.42 Å². The fraction of sp³-hybridized carbons (Fsp3) is 0.600. The van der Waals surface area contributed by atoms with Crippen molar-refractivity contribution in [2.75, 3.05) is 13.1 Å². The molecule has 2 aromatic rings. The smallest absolute Gasteiger partial charge is 0.207 e. The van der Waals surface area contributed by atoms with Gasteiger partial charge < -0.3 is 0 Å². The molecule has 0 amide bonds. The molecule has 1 atom stereocenters. The van der Waals surface area contributed by atoms with E-state index in [4.69, 9.17) is 0 Å². The van der Waals surface area contributed by atoms with Crippen molar-refractivity contribution in [3.05, 3.63) is 18.2 Å². The zero-order valence-electron chi connectivity index (χ0n) is 12.7. The third-order valence-corrected chi connectivity index (χ3v) is 6.84. The van der Waals surface area contributed by atoms with E-state index in [2.05, 4.69) is 15.7 Å². The molecule has 1 aliphatic heterocycles. The van der Waals surface area contributed by atoms with Crippen molar-refractivity contribution in [1.29, 1.82) is 0 Å². The summed E-state index contributed by atoms with van der Waals surface area (Å²) in [5.74, 6) is 0.655. The van der Waals surface area contributed by atoms with Gasteiger partial charge in [0.15, 0.2) is 0 Å². The van der Waals surface area contributed by atoms with Gasteiger partial charge >= 0.3 is 0 Å². The standard InChI is InChI=1S/C15H21N3O2S2/c1-2-5-12-6-4-10-18(11-9-12)22(19,20)14-8-3-7-13-15(14)17-21-16-13/h3,7-8,12H,2,4-6,9-11H2,1H3. The lowest BCUT2D eigenvalue weighted by atomic mass is 9.96. The molecule has 2 heterocycles. The summed E-state index contributed by atoms with van der Waals surface area (Å²) in [6.07, 6.45) is 5.39. The largest absolute Gasteiger partial charge is 0.245 e. The Labute approximate surface area is 135 Å². The molecule has 1 aromatic heterocycles. The van der Waals surface area contributed by atoms with Crippen molar-refractivity contribution >= 4 is 32.8 Å². The Morgan fingerprint density at radius 3 is 2.95 bits per heavy atom. The van der Waals surface area contributed by atoms with Crippen LogP contribution in [-0.4, -0.2) is 34.6 Å². The number of sulfonamides is 1. The van der Waals surface area contributed by atoms with E-state index in [0.717, 1.165) is 31.0 Å². The van der Waals surface area contributed by atoms with E-state index in [0.29, 0.717) is 34.9 Å². The highest BCUT2D eigenvalue weighted by molar-refractivity contribution is 7.89. The molecule has 3 rings (SSSR count). The van der Waals surface area contributed by atoms with Gasteiger partial charge in [-0.3, -0.25) is 0 Å². The Hall–Kier alpha value is -1.05. The third kappa shape index (κ3) is 3.02. The van der Waals surface area contributed by atoms with Gasteiger partial charge in [0.1, 0.15) is 15.9 Å². The first-order valence-electron chi connectivity index (χ1n) is 7.84. The summed E-state index contributed by atoms with van der Waals surface area (Å²) in [6.45, 7) is 3.41. The quantitative estimate of drug-likeness (QED) is 0.857. The molecule has 1 saturated heterocycles. The predicted molar refractivity (Wildman–Crippen MR) is 88.4 cm³/mol. The Bertz CT molecular complexity index is 742. The summed E-state index contributed by atoms with van der Waals surface area (Å²) in [4.78, 5) is 0.299. The lowest BCUT2D eigenvalue weighted by molar-refractivity contribution is 0.400. The molecular weight excluding hydrogens is 318 g/mol. The Morgan fingerprint density at radius 1 is 1.27 bits per heavy atom. The second kappa shape index (κ2) is 6.60. The molecule has 1 fully saturated rings. The van der Waals surface area contributed by atoms with Crippen LogP contribution in [0.15, 0.2) is 23.1 Å². The molecule has 0 radical (unpaired) electrons. The normalized spacial score (nSPS) is 21.0. The summed E-state index contributed by atoms with van der Waals surface area (Å²) in [5.41, 5.74) is 1.16. The molecule has 0 aliphatic carbocycles. The number of rotatable bonds is 4. The third-order valence-electron chi connectivity index (χ3n) is 4.37. The van der Waals surface area contributed by atoms with E-state index in [-0.39, 0.29) is 0 Å². The van der Waals surface area contributed by atoms with E-state index in [1.165, 1.54) is 12.8 Å². The molecule has 0 bridgehead atoms. The van der Waals surface area contributed by atoms with Crippen LogP contribution < -0.4 is 0 Å². The minimum atomic E-state index is -3.48. The van der Waals surface area contributed by atoms with E-state index >= 15 is 0 Å². The van der Waals surface area contributed by atoms with Crippen molar-refractivity contribution in [3.63, 3.8) is 0 Å². The highest BCUT2D eigenvalue weighted by Crippen LogP contribution is 2.28. The van der Waals surface area contributed by atoms with Gasteiger partial charge in [-0.25, -0.2) is 8.42 Å². The zero-order chi connectivity index (χ0) is 15.6. The fourth-order valence-corrected chi connectivity index (χ4v) is 5.45. The first kappa shape index (κ1) is 15.8. The van der Waals surface area contributed by atoms with Gasteiger partial charge in [-0.15, -0.1) is 0 Å². The van der Waals surface area contributed by atoms with Crippen molar-refractivity contribution in [1.82, 2.24) is 13.1 Å². The zero-order valence-corrected chi connectivity index (χ0v) is 14.4. The Kier molecular flexibility index (Phi) is 4.75. The van der Waals surface area contributed by atoms with E-state index in [1.54, 1.807) is 22.5 Å². The van der Waals surface area contributed by atoms with Crippen LogP contribution in [0.4, 0.5) is 0 Å². The number of benzene rings is 1. The second-order valence-electron chi connectivity index (χ2n) is 5.88. The number of hydrogen-bond donors (Lipinski definition) is 0. The molecule has 0 N–H and O–H groups in total. The lowest BCUT2D eigenvalue weighted by Crippen LogP contribution is -2.32. The molecular formula is C15H21N3O2S2. The fourth-order valence-electron chi connectivity index (χ4n) is 3.20. The molecule has 5 nitrogen and oxygen atoms in total. The highest BCUT2D eigenvalue weighted by Gasteiger charge is 2.29. The van der Waals surface area contributed by atoms with Crippen LogP contribution in [0.25, 0.3) is 11.0 Å². The number of aromatic nitrogens is 2. The van der Waals surface area contributed by atoms with Crippen LogP contribution in [0.1, 0.15) is 39.0 Å².